The van der Waals surface area contributed by atoms with E-state index in [2.05, 4.69) is 5.32 Å². The number of para-hydroxylation sites is 1. The van der Waals surface area contributed by atoms with Gasteiger partial charge in [-0.3, -0.25) is 9.69 Å². The van der Waals surface area contributed by atoms with Crippen molar-refractivity contribution >= 4 is 17.7 Å². The van der Waals surface area contributed by atoms with Crippen LogP contribution in [0.15, 0.2) is 24.3 Å². The van der Waals surface area contributed by atoms with E-state index in [1.54, 1.807) is 20.8 Å². The van der Waals surface area contributed by atoms with Crippen molar-refractivity contribution < 1.29 is 14.7 Å². The summed E-state index contributed by atoms with van der Waals surface area (Å²) in [6.07, 6.45) is 0.106. The predicted molar refractivity (Wildman–Crippen MR) is 76.8 cm³/mol. The number of hydrogen-bond acceptors (Lipinski definition) is 2. The molecule has 0 unspecified atom stereocenters. The maximum Gasteiger partial charge on any atom is 0.408 e. The Morgan fingerprint density at radius 1 is 1.35 bits per heavy atom. The zero-order valence-corrected chi connectivity index (χ0v) is 12.0. The average Bonchev–Trinajstić information content (AvgIpc) is 2.47. The van der Waals surface area contributed by atoms with Crippen molar-refractivity contribution in [1.29, 1.82) is 0 Å². The van der Waals surface area contributed by atoms with E-state index in [1.807, 2.05) is 24.3 Å². The molecule has 1 aromatic rings. The molecule has 1 heterocycles. The Morgan fingerprint density at radius 3 is 2.60 bits per heavy atom. The van der Waals surface area contributed by atoms with Gasteiger partial charge in [-0.2, -0.15) is 0 Å². The van der Waals surface area contributed by atoms with Crippen LogP contribution in [0.4, 0.5) is 10.5 Å². The molecular formula is C15H20N2O3. The number of amides is 2. The molecule has 0 aliphatic carbocycles. The molecule has 0 spiro atoms. The van der Waals surface area contributed by atoms with Crippen LogP contribution in [-0.2, 0) is 11.2 Å². The molecule has 2 rings (SSSR count). The Hall–Kier alpha value is -2.04. The van der Waals surface area contributed by atoms with Gasteiger partial charge < -0.3 is 10.4 Å². The van der Waals surface area contributed by atoms with E-state index in [0.717, 1.165) is 11.3 Å². The van der Waals surface area contributed by atoms with Gasteiger partial charge in [0.15, 0.2) is 0 Å². The number of aryl methyl sites for hydroxylation is 1. The Balaban J connectivity index is 2.31. The van der Waals surface area contributed by atoms with Crippen LogP contribution in [0.1, 0.15) is 32.8 Å². The number of nitrogens with one attached hydrogen (secondary N) is 1. The highest BCUT2D eigenvalue weighted by Crippen LogP contribution is 2.27. The quantitative estimate of drug-likeness (QED) is 0.828. The van der Waals surface area contributed by atoms with Gasteiger partial charge in [-0.25, -0.2) is 4.79 Å². The molecule has 0 saturated heterocycles. The lowest BCUT2D eigenvalue weighted by Gasteiger charge is -2.38. The molecule has 1 aliphatic rings. The Bertz CT molecular complexity index is 534. The minimum atomic E-state index is -1.07. The lowest BCUT2D eigenvalue weighted by atomic mass is 9.99. The second-order valence-electron chi connectivity index (χ2n) is 6.02. The lowest BCUT2D eigenvalue weighted by Crippen LogP contribution is -2.55. The second kappa shape index (κ2) is 5.15. The first-order valence-electron chi connectivity index (χ1n) is 6.72. The largest absolute Gasteiger partial charge is 0.465 e. The van der Waals surface area contributed by atoms with Crippen LogP contribution in [-0.4, -0.2) is 33.6 Å². The van der Waals surface area contributed by atoms with Gasteiger partial charge in [0.1, 0.15) is 6.04 Å². The van der Waals surface area contributed by atoms with Crippen molar-refractivity contribution in [3.05, 3.63) is 29.8 Å². The highest BCUT2D eigenvalue weighted by Gasteiger charge is 2.38. The first-order chi connectivity index (χ1) is 9.30. The minimum absolute atomic E-state index is 0.257. The van der Waals surface area contributed by atoms with E-state index >= 15 is 0 Å². The van der Waals surface area contributed by atoms with Crippen LogP contribution in [0.2, 0.25) is 0 Å². The minimum Gasteiger partial charge on any atom is -0.465 e. The molecule has 1 aromatic carbocycles. The Labute approximate surface area is 118 Å². The standard InChI is InChI=1S/C15H20N2O3/c1-15(2,3)17(14(19)20)12-9-8-10-6-4-5-7-11(10)16-13(12)18/h4-7,12H,8-9H2,1-3H3,(H,16,18)(H,19,20)/t12-/m0/s1. The molecule has 0 bridgehead atoms. The SMILES string of the molecule is CC(C)(C)N(C(=O)O)[C@H]1CCc2ccccc2NC1=O. The monoisotopic (exact) mass is 276 g/mol. The predicted octanol–water partition coefficient (Wildman–Crippen LogP) is 2.72. The number of fused-ring (bicyclic) bond motifs is 1. The van der Waals surface area contributed by atoms with Crippen molar-refractivity contribution in [3.63, 3.8) is 0 Å². The van der Waals surface area contributed by atoms with Gasteiger partial charge in [0.05, 0.1) is 0 Å². The third-order valence-electron chi connectivity index (χ3n) is 3.51. The van der Waals surface area contributed by atoms with Crippen LogP contribution in [0.3, 0.4) is 0 Å². The van der Waals surface area contributed by atoms with Crippen molar-refractivity contribution in [3.8, 4) is 0 Å². The molecule has 2 amide bonds. The zero-order chi connectivity index (χ0) is 14.9. The summed E-state index contributed by atoms with van der Waals surface area (Å²) in [6.45, 7) is 5.39. The van der Waals surface area contributed by atoms with Gasteiger partial charge in [-0.15, -0.1) is 0 Å². The fourth-order valence-electron chi connectivity index (χ4n) is 2.63. The molecule has 108 valence electrons. The number of carboxylic acid groups (broad SMARTS) is 1. The number of carbonyl (C=O) groups is 2. The smallest absolute Gasteiger partial charge is 0.408 e. The number of nitrogens with zero attached hydrogens (tertiary/aromatic N) is 1. The highest BCUT2D eigenvalue weighted by molar-refractivity contribution is 5.97. The molecule has 5 nitrogen and oxygen atoms in total. The third-order valence-corrected chi connectivity index (χ3v) is 3.51. The van der Waals surface area contributed by atoms with E-state index in [0.29, 0.717) is 12.8 Å². The molecule has 5 heteroatoms. The normalized spacial score (nSPS) is 18.8. The maximum absolute atomic E-state index is 12.4. The molecule has 0 aromatic heterocycles. The van der Waals surface area contributed by atoms with Gasteiger partial charge in [-0.05, 0) is 45.2 Å². The molecule has 1 atom stereocenters. The second-order valence-corrected chi connectivity index (χ2v) is 6.02. The number of carbonyl (C=O) groups excluding carboxylic acids is 1. The molecule has 0 fully saturated rings. The summed E-state index contributed by atoms with van der Waals surface area (Å²) in [7, 11) is 0. The van der Waals surface area contributed by atoms with Crippen LogP contribution in [0, 0.1) is 0 Å². The summed E-state index contributed by atoms with van der Waals surface area (Å²) in [6, 6.07) is 6.92. The van der Waals surface area contributed by atoms with Crippen LogP contribution in [0.5, 0.6) is 0 Å². The summed E-state index contributed by atoms with van der Waals surface area (Å²) in [5.41, 5.74) is 1.20. The number of anilines is 1. The summed E-state index contributed by atoms with van der Waals surface area (Å²) >= 11 is 0. The van der Waals surface area contributed by atoms with E-state index in [1.165, 1.54) is 4.90 Å². The van der Waals surface area contributed by atoms with Gasteiger partial charge >= 0.3 is 6.09 Å². The zero-order valence-electron chi connectivity index (χ0n) is 12.0. The molecule has 1 aliphatic heterocycles. The molecule has 2 N–H and O–H groups in total. The van der Waals surface area contributed by atoms with Gasteiger partial charge in [0.25, 0.3) is 0 Å². The van der Waals surface area contributed by atoms with Gasteiger partial charge in [0, 0.05) is 11.2 Å². The average molecular weight is 276 g/mol. The van der Waals surface area contributed by atoms with Gasteiger partial charge in [-0.1, -0.05) is 18.2 Å². The third kappa shape index (κ3) is 2.76. The fourth-order valence-corrected chi connectivity index (χ4v) is 2.63. The summed E-state index contributed by atoms with van der Waals surface area (Å²) in [5, 5.41) is 12.3. The van der Waals surface area contributed by atoms with Crippen molar-refractivity contribution in [1.82, 2.24) is 4.90 Å². The Kier molecular flexibility index (Phi) is 3.70. The first kappa shape index (κ1) is 14.4. The van der Waals surface area contributed by atoms with Crippen LogP contribution in [0.25, 0.3) is 0 Å². The molecular weight excluding hydrogens is 256 g/mol. The summed E-state index contributed by atoms with van der Waals surface area (Å²) in [4.78, 5) is 25.1. The maximum atomic E-state index is 12.4. The lowest BCUT2D eigenvalue weighted by molar-refractivity contribution is -0.122. The number of rotatable bonds is 1. The summed E-state index contributed by atoms with van der Waals surface area (Å²) < 4.78 is 0. The van der Waals surface area contributed by atoms with E-state index in [4.69, 9.17) is 0 Å². The molecule has 0 saturated carbocycles. The molecule has 0 radical (unpaired) electrons. The van der Waals surface area contributed by atoms with Crippen molar-refractivity contribution in [2.75, 3.05) is 5.32 Å². The van der Waals surface area contributed by atoms with Gasteiger partial charge in [0.2, 0.25) is 5.91 Å². The van der Waals surface area contributed by atoms with Crippen LogP contribution >= 0.6 is 0 Å². The summed E-state index contributed by atoms with van der Waals surface area (Å²) in [5.74, 6) is -0.257. The Morgan fingerprint density at radius 2 is 2.00 bits per heavy atom. The van der Waals surface area contributed by atoms with Crippen molar-refractivity contribution in [2.24, 2.45) is 0 Å². The van der Waals surface area contributed by atoms with E-state index in [-0.39, 0.29) is 5.91 Å². The number of hydrogen-bond donors (Lipinski definition) is 2. The highest BCUT2D eigenvalue weighted by atomic mass is 16.4. The van der Waals surface area contributed by atoms with Crippen molar-refractivity contribution in [2.45, 2.75) is 45.2 Å². The molecule has 20 heavy (non-hydrogen) atoms. The first-order valence-corrected chi connectivity index (χ1v) is 6.72. The van der Waals surface area contributed by atoms with E-state index < -0.39 is 17.7 Å². The fraction of sp³-hybridized carbons (Fsp3) is 0.467. The van der Waals surface area contributed by atoms with E-state index in [9.17, 15) is 14.7 Å². The van der Waals surface area contributed by atoms with Crippen LogP contribution < -0.4 is 5.32 Å². The number of benzene rings is 1. The topological polar surface area (TPSA) is 69.6 Å².